The molecule has 1 aliphatic rings. The average Bonchev–Trinajstić information content (AvgIpc) is 2.81. The maximum atomic E-state index is 14.1. The van der Waals surface area contributed by atoms with E-state index >= 15 is 0 Å². The molecule has 10 heteroatoms. The Kier molecular flexibility index (Phi) is 8.38. The highest BCUT2D eigenvalue weighted by Crippen LogP contribution is 2.21. The van der Waals surface area contributed by atoms with E-state index < -0.39 is 26.8 Å². The summed E-state index contributed by atoms with van der Waals surface area (Å²) in [5.74, 6) is 0.251. The molecule has 32 heavy (non-hydrogen) atoms. The fourth-order valence-electron chi connectivity index (χ4n) is 3.58. The highest BCUT2D eigenvalue weighted by molar-refractivity contribution is 7.98. The molecule has 1 N–H and O–H groups in total. The number of piperazine rings is 1. The number of carbonyl (C=O) groups is 1. The van der Waals surface area contributed by atoms with Gasteiger partial charge >= 0.3 is 0 Å². The molecular formula is C22H28FN3O4S2. The van der Waals surface area contributed by atoms with Crippen LogP contribution in [0.5, 0.6) is 5.75 Å². The molecule has 1 aliphatic heterocycles. The number of hydrogen-bond acceptors (Lipinski definition) is 6. The van der Waals surface area contributed by atoms with Crippen molar-refractivity contribution in [1.29, 1.82) is 0 Å². The van der Waals surface area contributed by atoms with E-state index in [0.29, 0.717) is 38.4 Å². The lowest BCUT2D eigenvalue weighted by molar-refractivity contribution is -0.133. The molecule has 0 aromatic heterocycles. The van der Waals surface area contributed by atoms with Crippen LogP contribution < -0.4 is 14.4 Å². The molecule has 0 spiro atoms. The number of benzene rings is 2. The minimum absolute atomic E-state index is 0.284. The summed E-state index contributed by atoms with van der Waals surface area (Å²) in [6, 6.07) is 11.9. The van der Waals surface area contributed by atoms with Crippen LogP contribution in [0.15, 0.2) is 53.4 Å². The van der Waals surface area contributed by atoms with Crippen LogP contribution in [-0.2, 0) is 14.8 Å². The summed E-state index contributed by atoms with van der Waals surface area (Å²) in [6.45, 7) is 2.21. The maximum Gasteiger partial charge on any atom is 0.244 e. The molecule has 174 valence electrons. The zero-order valence-corrected chi connectivity index (χ0v) is 19.8. The normalized spacial score (nSPS) is 15.5. The van der Waals surface area contributed by atoms with E-state index in [1.54, 1.807) is 12.0 Å². The Morgan fingerprint density at radius 1 is 1.12 bits per heavy atom. The number of thioether (sulfide) groups is 1. The number of hydrogen-bond donors (Lipinski definition) is 1. The minimum atomic E-state index is -4.17. The molecule has 0 aliphatic carbocycles. The number of ether oxygens (including phenoxy) is 1. The number of carbonyl (C=O) groups excluding carboxylic acids is 1. The van der Waals surface area contributed by atoms with E-state index in [2.05, 4.69) is 9.62 Å². The molecular weight excluding hydrogens is 453 g/mol. The van der Waals surface area contributed by atoms with Crippen LogP contribution >= 0.6 is 11.8 Å². The molecule has 0 radical (unpaired) electrons. The summed E-state index contributed by atoms with van der Waals surface area (Å²) >= 11 is 1.52. The number of rotatable bonds is 9. The molecule has 1 fully saturated rings. The monoisotopic (exact) mass is 481 g/mol. The zero-order valence-electron chi connectivity index (χ0n) is 18.2. The van der Waals surface area contributed by atoms with E-state index in [4.69, 9.17) is 4.74 Å². The van der Waals surface area contributed by atoms with Gasteiger partial charge in [0.05, 0.1) is 7.11 Å². The minimum Gasteiger partial charge on any atom is -0.497 e. The average molecular weight is 482 g/mol. The quantitative estimate of drug-likeness (QED) is 0.593. The molecule has 7 nitrogen and oxygen atoms in total. The molecule has 0 saturated carbocycles. The molecule has 1 atom stereocenters. The first-order valence-electron chi connectivity index (χ1n) is 10.3. The van der Waals surface area contributed by atoms with Crippen LogP contribution in [0.1, 0.15) is 6.42 Å². The van der Waals surface area contributed by atoms with Crippen LogP contribution in [0.4, 0.5) is 10.1 Å². The van der Waals surface area contributed by atoms with E-state index in [0.717, 1.165) is 17.5 Å². The lowest BCUT2D eigenvalue weighted by atomic mass is 10.2. The van der Waals surface area contributed by atoms with Crippen molar-refractivity contribution in [2.45, 2.75) is 17.4 Å². The van der Waals surface area contributed by atoms with Crippen molar-refractivity contribution in [2.24, 2.45) is 0 Å². The second-order valence-corrected chi connectivity index (χ2v) is 10.1. The Hall–Kier alpha value is -2.30. The van der Waals surface area contributed by atoms with E-state index in [1.807, 2.05) is 30.5 Å². The highest BCUT2D eigenvalue weighted by atomic mass is 32.2. The third kappa shape index (κ3) is 5.93. The van der Waals surface area contributed by atoms with Gasteiger partial charge in [-0.3, -0.25) is 4.79 Å². The first-order chi connectivity index (χ1) is 15.4. The van der Waals surface area contributed by atoms with E-state index in [9.17, 15) is 17.6 Å². The molecule has 3 rings (SSSR count). The van der Waals surface area contributed by atoms with Gasteiger partial charge in [0.15, 0.2) is 0 Å². The second kappa shape index (κ2) is 11.0. The van der Waals surface area contributed by atoms with Crippen molar-refractivity contribution < 1.29 is 22.3 Å². The number of halogens is 1. The van der Waals surface area contributed by atoms with Crippen molar-refractivity contribution in [2.75, 3.05) is 50.2 Å². The summed E-state index contributed by atoms with van der Waals surface area (Å²) in [5.41, 5.74) is 1.04. The molecule has 1 heterocycles. The number of nitrogens with zero attached hydrogens (tertiary/aromatic N) is 2. The van der Waals surface area contributed by atoms with Gasteiger partial charge in [0.2, 0.25) is 15.9 Å². The molecule has 1 saturated heterocycles. The van der Waals surface area contributed by atoms with Gasteiger partial charge < -0.3 is 14.5 Å². The molecule has 1 unspecified atom stereocenters. The van der Waals surface area contributed by atoms with Crippen LogP contribution in [-0.4, -0.2) is 70.6 Å². The number of methoxy groups -OCH3 is 1. The van der Waals surface area contributed by atoms with Gasteiger partial charge in [0.25, 0.3) is 0 Å². The smallest absolute Gasteiger partial charge is 0.244 e. The van der Waals surface area contributed by atoms with Crippen molar-refractivity contribution >= 4 is 33.4 Å². The van der Waals surface area contributed by atoms with Crippen LogP contribution in [0, 0.1) is 5.82 Å². The fraction of sp³-hybridized carbons (Fsp3) is 0.409. The lowest BCUT2D eigenvalue weighted by Gasteiger charge is -2.37. The molecule has 2 aromatic carbocycles. The van der Waals surface area contributed by atoms with E-state index in [-0.39, 0.29) is 5.91 Å². The van der Waals surface area contributed by atoms with Gasteiger partial charge in [0.1, 0.15) is 22.5 Å². The Morgan fingerprint density at radius 2 is 1.78 bits per heavy atom. The first-order valence-corrected chi connectivity index (χ1v) is 13.2. The summed E-state index contributed by atoms with van der Waals surface area (Å²) < 4.78 is 47.2. The predicted molar refractivity (Wildman–Crippen MR) is 125 cm³/mol. The predicted octanol–water partition coefficient (Wildman–Crippen LogP) is 2.58. The van der Waals surface area contributed by atoms with Gasteiger partial charge in [-0.2, -0.15) is 16.5 Å². The molecule has 1 amide bonds. The fourth-order valence-corrected chi connectivity index (χ4v) is 5.35. The van der Waals surface area contributed by atoms with Crippen molar-refractivity contribution in [3.05, 3.63) is 54.3 Å². The summed E-state index contributed by atoms with van der Waals surface area (Å²) in [5, 5.41) is 0. The van der Waals surface area contributed by atoms with E-state index in [1.165, 1.54) is 30.0 Å². The number of sulfonamides is 1. The third-order valence-electron chi connectivity index (χ3n) is 5.36. The van der Waals surface area contributed by atoms with Crippen molar-refractivity contribution in [1.82, 2.24) is 9.62 Å². The Bertz CT molecular complexity index is 1010. The molecule has 0 bridgehead atoms. The Balaban J connectivity index is 1.67. The number of nitrogens with one attached hydrogen (secondary N) is 1. The maximum absolute atomic E-state index is 14.1. The summed E-state index contributed by atoms with van der Waals surface area (Å²) in [6.07, 6.45) is 2.22. The van der Waals surface area contributed by atoms with Gasteiger partial charge in [-0.1, -0.05) is 12.1 Å². The number of anilines is 1. The van der Waals surface area contributed by atoms with Gasteiger partial charge in [0, 0.05) is 31.9 Å². The second-order valence-electron chi connectivity index (χ2n) is 7.40. The van der Waals surface area contributed by atoms with Crippen molar-refractivity contribution in [3.8, 4) is 5.75 Å². The topological polar surface area (TPSA) is 79.0 Å². The number of amides is 1. The SMILES string of the molecule is COc1ccc(N2CCN(C(=O)C(CCSC)NS(=O)(=O)c3ccccc3F)CC2)cc1. The van der Waals surface area contributed by atoms with Gasteiger partial charge in [-0.25, -0.2) is 12.8 Å². The first kappa shape index (κ1) is 24.3. The third-order valence-corrected chi connectivity index (χ3v) is 7.51. The van der Waals surface area contributed by atoms with Gasteiger partial charge in [-0.05, 0) is 54.8 Å². The standard InChI is InChI=1S/C22H28FN3O4S2/c1-30-18-9-7-17(8-10-18)25-12-14-26(15-13-25)22(27)20(11-16-31-2)24-32(28,29)21-6-4-3-5-19(21)23/h3-10,20,24H,11-16H2,1-2H3. The lowest BCUT2D eigenvalue weighted by Crippen LogP contribution is -2.55. The van der Waals surface area contributed by atoms with Crippen LogP contribution in [0.25, 0.3) is 0 Å². The summed E-state index contributed by atoms with van der Waals surface area (Å²) in [4.78, 5) is 16.6. The molecule has 2 aromatic rings. The zero-order chi connectivity index (χ0) is 23.1. The van der Waals surface area contributed by atoms with Crippen molar-refractivity contribution in [3.63, 3.8) is 0 Å². The largest absolute Gasteiger partial charge is 0.497 e. The Labute approximate surface area is 193 Å². The summed E-state index contributed by atoms with van der Waals surface area (Å²) in [7, 11) is -2.55. The Morgan fingerprint density at radius 3 is 2.38 bits per heavy atom. The van der Waals surface area contributed by atoms with Crippen LogP contribution in [0.2, 0.25) is 0 Å². The van der Waals surface area contributed by atoms with Gasteiger partial charge in [-0.15, -0.1) is 0 Å². The van der Waals surface area contributed by atoms with Crippen LogP contribution in [0.3, 0.4) is 0 Å². The highest BCUT2D eigenvalue weighted by Gasteiger charge is 2.31.